The third-order valence-electron chi connectivity index (χ3n) is 2.68. The van der Waals surface area contributed by atoms with Gasteiger partial charge in [0.05, 0.1) is 6.42 Å². The van der Waals surface area contributed by atoms with E-state index in [1.165, 1.54) is 13.0 Å². The van der Waals surface area contributed by atoms with E-state index < -0.39 is 14.3 Å². The molecule has 0 saturated heterocycles. The summed E-state index contributed by atoms with van der Waals surface area (Å²) in [5.41, 5.74) is 0.178. The van der Waals surface area contributed by atoms with Crippen LogP contribution in [-0.2, 0) is 14.0 Å². The van der Waals surface area contributed by atoms with Gasteiger partial charge in [-0.1, -0.05) is 32.3 Å². The average Bonchev–Trinajstić information content (AvgIpc) is 2.25. The maximum atomic E-state index is 11.6. The first-order valence-electron chi connectivity index (χ1n) is 6.40. The van der Waals surface area contributed by atoms with E-state index in [4.69, 9.17) is 9.53 Å². The zero-order valence-electron chi connectivity index (χ0n) is 11.8. The molecule has 0 aromatic carbocycles. The molecule has 0 rings (SSSR count). The third kappa shape index (κ3) is 8.06. The maximum Gasteiger partial charge on any atom is 0.330 e. The lowest BCUT2D eigenvalue weighted by Gasteiger charge is -2.22. The fourth-order valence-electron chi connectivity index (χ4n) is 1.53. The largest absolute Gasteiger partial charge is 0.519 e. The van der Waals surface area contributed by atoms with E-state index in [0.29, 0.717) is 0 Å². The van der Waals surface area contributed by atoms with Crippen molar-refractivity contribution in [3.8, 4) is 0 Å². The fourth-order valence-corrected chi connectivity index (χ4v) is 3.43. The standard InChI is InChI=1S/C13H24O4Si/c1-5-6-7-10-18(3,4)17-12(14)9-8-11(2)13(15)16/h8H,5-7,9-10H2,1-4H3,(H,15,16). The normalized spacial score (nSPS) is 12.3. The van der Waals surface area contributed by atoms with Gasteiger partial charge in [-0.25, -0.2) is 4.79 Å². The van der Waals surface area contributed by atoms with Gasteiger partial charge in [-0.2, -0.15) is 0 Å². The van der Waals surface area contributed by atoms with Crippen molar-refractivity contribution in [1.29, 1.82) is 0 Å². The molecule has 0 aliphatic rings. The molecule has 1 N–H and O–H groups in total. The van der Waals surface area contributed by atoms with Gasteiger partial charge in [0.1, 0.15) is 0 Å². The van der Waals surface area contributed by atoms with E-state index in [-0.39, 0.29) is 18.0 Å². The molecule has 0 spiro atoms. The smallest absolute Gasteiger partial charge is 0.330 e. The van der Waals surface area contributed by atoms with Crippen molar-refractivity contribution in [3.05, 3.63) is 11.6 Å². The molecule has 0 radical (unpaired) electrons. The lowest BCUT2D eigenvalue weighted by atomic mass is 10.2. The molecule has 0 amide bonds. The molecule has 104 valence electrons. The SMILES string of the molecule is CCCCC[Si](C)(C)OC(=O)CC=C(C)C(=O)O. The van der Waals surface area contributed by atoms with Crippen LogP contribution in [0.2, 0.25) is 19.1 Å². The van der Waals surface area contributed by atoms with Crippen molar-refractivity contribution in [3.63, 3.8) is 0 Å². The van der Waals surface area contributed by atoms with Crippen LogP contribution in [0.3, 0.4) is 0 Å². The Hall–Kier alpha value is -1.10. The second-order valence-corrected chi connectivity index (χ2v) is 9.31. The molecule has 0 saturated carbocycles. The topological polar surface area (TPSA) is 63.6 Å². The van der Waals surface area contributed by atoms with Crippen molar-refractivity contribution in [2.45, 2.75) is 58.7 Å². The van der Waals surface area contributed by atoms with Gasteiger partial charge in [0, 0.05) is 5.57 Å². The van der Waals surface area contributed by atoms with Gasteiger partial charge in [-0.05, 0) is 26.1 Å². The molecule has 0 aliphatic carbocycles. The van der Waals surface area contributed by atoms with Crippen LogP contribution in [0.5, 0.6) is 0 Å². The van der Waals surface area contributed by atoms with E-state index >= 15 is 0 Å². The molecule has 0 heterocycles. The molecule has 0 aromatic rings. The van der Waals surface area contributed by atoms with Gasteiger partial charge < -0.3 is 9.53 Å². The van der Waals surface area contributed by atoms with Crippen molar-refractivity contribution in [1.82, 2.24) is 0 Å². The minimum Gasteiger partial charge on any atom is -0.519 e. The number of carbonyl (C=O) groups excluding carboxylic acids is 1. The van der Waals surface area contributed by atoms with Crippen LogP contribution in [0.4, 0.5) is 0 Å². The number of carboxylic acid groups (broad SMARTS) is 1. The summed E-state index contributed by atoms with van der Waals surface area (Å²) >= 11 is 0. The number of hydrogen-bond donors (Lipinski definition) is 1. The zero-order chi connectivity index (χ0) is 14.2. The summed E-state index contributed by atoms with van der Waals surface area (Å²) in [6.07, 6.45) is 4.85. The predicted molar refractivity (Wildman–Crippen MR) is 73.9 cm³/mol. The van der Waals surface area contributed by atoms with Crippen LogP contribution in [0.1, 0.15) is 39.5 Å². The Kier molecular flexibility index (Phi) is 7.58. The summed E-state index contributed by atoms with van der Waals surface area (Å²) in [4.78, 5) is 22.2. The highest BCUT2D eigenvalue weighted by Gasteiger charge is 2.25. The Morgan fingerprint density at radius 2 is 1.89 bits per heavy atom. The fraction of sp³-hybridized carbons (Fsp3) is 0.692. The summed E-state index contributed by atoms with van der Waals surface area (Å²) < 4.78 is 5.48. The molecule has 0 unspecified atom stereocenters. The minimum absolute atomic E-state index is 0.0440. The molecule has 0 fully saturated rings. The Labute approximate surface area is 110 Å². The molecular formula is C13H24O4Si. The van der Waals surface area contributed by atoms with Crippen molar-refractivity contribution in [2.75, 3.05) is 0 Å². The summed E-state index contributed by atoms with van der Waals surface area (Å²) in [6.45, 7) is 7.65. The molecule has 0 bridgehead atoms. The maximum absolute atomic E-state index is 11.6. The van der Waals surface area contributed by atoms with Crippen LogP contribution >= 0.6 is 0 Å². The number of unbranched alkanes of at least 4 members (excludes halogenated alkanes) is 2. The summed E-state index contributed by atoms with van der Waals surface area (Å²) in [7, 11) is -1.93. The number of aliphatic carboxylic acids is 1. The minimum atomic E-state index is -1.93. The van der Waals surface area contributed by atoms with Gasteiger partial charge in [0.15, 0.2) is 0 Å². The van der Waals surface area contributed by atoms with Crippen LogP contribution in [0, 0.1) is 0 Å². The van der Waals surface area contributed by atoms with E-state index in [1.807, 2.05) is 13.1 Å². The number of carboxylic acids is 1. The van der Waals surface area contributed by atoms with E-state index in [1.54, 1.807) is 0 Å². The Bertz CT molecular complexity index is 321. The highest BCUT2D eigenvalue weighted by molar-refractivity contribution is 6.72. The number of hydrogen-bond acceptors (Lipinski definition) is 3. The first-order valence-corrected chi connectivity index (χ1v) is 9.52. The van der Waals surface area contributed by atoms with Crippen molar-refractivity contribution >= 4 is 20.3 Å². The summed E-state index contributed by atoms with van der Waals surface area (Å²) in [5, 5.41) is 8.66. The Morgan fingerprint density at radius 1 is 1.28 bits per heavy atom. The van der Waals surface area contributed by atoms with Crippen molar-refractivity contribution < 1.29 is 19.1 Å². The molecular weight excluding hydrogens is 248 g/mol. The second kappa shape index (κ2) is 8.08. The summed E-state index contributed by atoms with van der Waals surface area (Å²) in [6, 6.07) is 0.966. The van der Waals surface area contributed by atoms with Crippen LogP contribution in [-0.4, -0.2) is 25.4 Å². The Balaban J connectivity index is 4.14. The lowest BCUT2D eigenvalue weighted by Crippen LogP contribution is -2.33. The number of rotatable bonds is 8. The van der Waals surface area contributed by atoms with Crippen LogP contribution in [0.15, 0.2) is 11.6 Å². The monoisotopic (exact) mass is 272 g/mol. The van der Waals surface area contributed by atoms with Gasteiger partial charge >= 0.3 is 5.97 Å². The highest BCUT2D eigenvalue weighted by atomic mass is 28.4. The molecule has 5 heteroatoms. The van der Waals surface area contributed by atoms with Gasteiger partial charge in [0.2, 0.25) is 8.32 Å². The Morgan fingerprint density at radius 3 is 2.39 bits per heavy atom. The molecule has 4 nitrogen and oxygen atoms in total. The average molecular weight is 272 g/mol. The van der Waals surface area contributed by atoms with Crippen molar-refractivity contribution in [2.24, 2.45) is 0 Å². The zero-order valence-corrected chi connectivity index (χ0v) is 12.8. The lowest BCUT2D eigenvalue weighted by molar-refractivity contribution is -0.134. The van der Waals surface area contributed by atoms with Gasteiger partial charge in [0.25, 0.3) is 5.97 Å². The molecule has 18 heavy (non-hydrogen) atoms. The second-order valence-electron chi connectivity index (χ2n) is 5.09. The van der Waals surface area contributed by atoms with Crippen LogP contribution in [0.25, 0.3) is 0 Å². The predicted octanol–water partition coefficient (Wildman–Crippen LogP) is 3.35. The van der Waals surface area contributed by atoms with Gasteiger partial charge in [-0.3, -0.25) is 4.79 Å². The van der Waals surface area contributed by atoms with Gasteiger partial charge in [-0.15, -0.1) is 0 Å². The molecule has 0 aromatic heterocycles. The van der Waals surface area contributed by atoms with Crippen LogP contribution < -0.4 is 0 Å². The quantitative estimate of drug-likeness (QED) is 0.418. The first kappa shape index (κ1) is 16.9. The summed E-state index contributed by atoms with van der Waals surface area (Å²) in [5.74, 6) is -1.31. The number of carbonyl (C=O) groups is 2. The highest BCUT2D eigenvalue weighted by Crippen LogP contribution is 2.17. The molecule has 0 atom stereocenters. The molecule has 0 aliphatic heterocycles. The van der Waals surface area contributed by atoms with E-state index in [0.717, 1.165) is 25.3 Å². The van der Waals surface area contributed by atoms with E-state index in [9.17, 15) is 9.59 Å². The third-order valence-corrected chi connectivity index (χ3v) is 5.02. The van der Waals surface area contributed by atoms with E-state index in [2.05, 4.69) is 6.92 Å². The first-order chi connectivity index (χ1) is 8.28.